The lowest BCUT2D eigenvalue weighted by Gasteiger charge is -2.32. The van der Waals surface area contributed by atoms with Crippen LogP contribution in [0.5, 0.6) is 0 Å². The number of aryl methyl sites for hydroxylation is 1. The van der Waals surface area contributed by atoms with Gasteiger partial charge in [0, 0.05) is 31.5 Å². The van der Waals surface area contributed by atoms with Crippen LogP contribution in [0.4, 0.5) is 8.78 Å². The Bertz CT molecular complexity index is 554. The molecule has 3 rings (SSSR count). The molecule has 1 aliphatic heterocycles. The summed E-state index contributed by atoms with van der Waals surface area (Å²) in [5.41, 5.74) is 0.861. The van der Waals surface area contributed by atoms with Crippen molar-refractivity contribution in [2.24, 2.45) is 5.92 Å². The molecule has 2 aliphatic rings. The zero-order valence-electron chi connectivity index (χ0n) is 12.8. The number of carbonyl (C=O) groups excluding carboxylic acids is 1. The van der Waals surface area contributed by atoms with Crippen LogP contribution >= 0.6 is 0 Å². The van der Waals surface area contributed by atoms with Crippen LogP contribution in [-0.2, 0) is 4.79 Å². The third kappa shape index (κ3) is 3.10. The Balaban J connectivity index is 1.72. The van der Waals surface area contributed by atoms with Crippen LogP contribution in [0.1, 0.15) is 56.1 Å². The highest BCUT2D eigenvalue weighted by atomic mass is 19.3. The van der Waals surface area contributed by atoms with Crippen LogP contribution in [0.15, 0.2) is 12.3 Å². The zero-order valence-corrected chi connectivity index (χ0v) is 12.8. The molecule has 120 valence electrons. The maximum absolute atomic E-state index is 13.3. The predicted molar refractivity (Wildman–Crippen MR) is 77.4 cm³/mol. The maximum atomic E-state index is 13.3. The first-order chi connectivity index (χ1) is 10.5. The number of aromatic nitrogens is 2. The molecule has 1 aromatic rings. The molecule has 0 aromatic carbocycles. The second-order valence-electron chi connectivity index (χ2n) is 6.35. The molecule has 1 amide bonds. The summed E-state index contributed by atoms with van der Waals surface area (Å²) in [6.07, 6.45) is 3.76. The Morgan fingerprint density at radius 1 is 1.32 bits per heavy atom. The Morgan fingerprint density at radius 2 is 2.05 bits per heavy atom. The Kier molecular flexibility index (Phi) is 4.10. The largest absolute Gasteiger partial charge is 0.334 e. The van der Waals surface area contributed by atoms with Crippen molar-refractivity contribution in [2.45, 2.75) is 57.4 Å². The molecule has 1 aliphatic carbocycles. The van der Waals surface area contributed by atoms with E-state index in [2.05, 4.69) is 9.97 Å². The van der Waals surface area contributed by atoms with E-state index in [1.165, 1.54) is 0 Å². The Labute approximate surface area is 128 Å². The first kappa shape index (κ1) is 15.3. The average molecular weight is 309 g/mol. The standard InChI is InChI=1S/C16H21F2N3O/c1-11-19-9-6-13(20-11)14-3-2-10-21(14)15(22)12-4-7-16(17,18)8-5-12/h6,9,12,14H,2-5,7-8,10H2,1H3. The number of halogens is 2. The fraction of sp³-hybridized carbons (Fsp3) is 0.688. The van der Waals surface area contributed by atoms with Crippen LogP contribution in [0.2, 0.25) is 0 Å². The highest BCUT2D eigenvalue weighted by molar-refractivity contribution is 5.79. The number of carbonyl (C=O) groups is 1. The molecule has 0 spiro atoms. The van der Waals surface area contributed by atoms with E-state index in [1.807, 2.05) is 17.9 Å². The molecule has 22 heavy (non-hydrogen) atoms. The van der Waals surface area contributed by atoms with Gasteiger partial charge in [-0.2, -0.15) is 0 Å². The van der Waals surface area contributed by atoms with Crippen molar-refractivity contribution in [3.63, 3.8) is 0 Å². The minimum Gasteiger partial charge on any atom is -0.334 e. The van der Waals surface area contributed by atoms with E-state index in [1.54, 1.807) is 6.20 Å². The van der Waals surface area contributed by atoms with E-state index in [-0.39, 0.29) is 43.6 Å². The lowest BCUT2D eigenvalue weighted by molar-refractivity contribution is -0.140. The summed E-state index contributed by atoms with van der Waals surface area (Å²) < 4.78 is 26.5. The maximum Gasteiger partial charge on any atom is 0.248 e. The number of amides is 1. The van der Waals surface area contributed by atoms with Gasteiger partial charge in [-0.25, -0.2) is 18.7 Å². The van der Waals surface area contributed by atoms with Crippen molar-refractivity contribution in [1.82, 2.24) is 14.9 Å². The number of hydrogen-bond donors (Lipinski definition) is 0. The Hall–Kier alpha value is -1.59. The fourth-order valence-corrected chi connectivity index (χ4v) is 3.52. The first-order valence-corrected chi connectivity index (χ1v) is 7.94. The van der Waals surface area contributed by atoms with Gasteiger partial charge in [0.05, 0.1) is 11.7 Å². The molecule has 1 unspecified atom stereocenters. The quantitative estimate of drug-likeness (QED) is 0.842. The van der Waals surface area contributed by atoms with Gasteiger partial charge in [0.25, 0.3) is 0 Å². The minimum atomic E-state index is -2.59. The fourth-order valence-electron chi connectivity index (χ4n) is 3.52. The van der Waals surface area contributed by atoms with Gasteiger partial charge in [-0.3, -0.25) is 4.79 Å². The normalized spacial score (nSPS) is 25.4. The highest BCUT2D eigenvalue weighted by Gasteiger charge is 2.41. The van der Waals surface area contributed by atoms with Gasteiger partial charge in [-0.15, -0.1) is 0 Å². The number of nitrogens with zero attached hydrogens (tertiary/aromatic N) is 3. The lowest BCUT2D eigenvalue weighted by atomic mass is 9.85. The van der Waals surface area contributed by atoms with Crippen molar-refractivity contribution in [2.75, 3.05) is 6.54 Å². The van der Waals surface area contributed by atoms with Crippen molar-refractivity contribution in [3.05, 3.63) is 23.8 Å². The van der Waals surface area contributed by atoms with E-state index in [9.17, 15) is 13.6 Å². The van der Waals surface area contributed by atoms with Crippen LogP contribution in [0, 0.1) is 12.8 Å². The molecule has 2 fully saturated rings. The zero-order chi connectivity index (χ0) is 15.7. The van der Waals surface area contributed by atoms with Gasteiger partial charge in [-0.05, 0) is 38.7 Å². The molecule has 2 heterocycles. The third-order valence-corrected chi connectivity index (χ3v) is 4.74. The molecule has 4 nitrogen and oxygen atoms in total. The molecule has 6 heteroatoms. The van der Waals surface area contributed by atoms with E-state index in [0.29, 0.717) is 12.4 Å². The third-order valence-electron chi connectivity index (χ3n) is 4.74. The predicted octanol–water partition coefficient (Wildman–Crippen LogP) is 3.27. The summed E-state index contributed by atoms with van der Waals surface area (Å²) in [5, 5.41) is 0. The van der Waals surface area contributed by atoms with Gasteiger partial charge >= 0.3 is 0 Å². The van der Waals surface area contributed by atoms with Gasteiger partial charge < -0.3 is 4.90 Å². The molecule has 1 saturated heterocycles. The van der Waals surface area contributed by atoms with Crippen LogP contribution in [0.25, 0.3) is 0 Å². The topological polar surface area (TPSA) is 46.1 Å². The molecule has 0 bridgehead atoms. The monoisotopic (exact) mass is 309 g/mol. The highest BCUT2D eigenvalue weighted by Crippen LogP contribution is 2.39. The minimum absolute atomic E-state index is 0.0225. The van der Waals surface area contributed by atoms with Crippen LogP contribution in [0.3, 0.4) is 0 Å². The molecular weight excluding hydrogens is 288 g/mol. The van der Waals surface area contributed by atoms with Crippen LogP contribution < -0.4 is 0 Å². The van der Waals surface area contributed by atoms with Gasteiger partial charge in [-0.1, -0.05) is 0 Å². The second-order valence-corrected chi connectivity index (χ2v) is 6.35. The number of alkyl halides is 2. The number of rotatable bonds is 2. The number of hydrogen-bond acceptors (Lipinski definition) is 3. The Morgan fingerprint density at radius 3 is 2.73 bits per heavy atom. The smallest absolute Gasteiger partial charge is 0.248 e. The first-order valence-electron chi connectivity index (χ1n) is 7.94. The number of likely N-dealkylation sites (tertiary alicyclic amines) is 1. The van der Waals surface area contributed by atoms with Gasteiger partial charge in [0.15, 0.2) is 0 Å². The summed E-state index contributed by atoms with van der Waals surface area (Å²) in [6.45, 7) is 2.52. The second kappa shape index (κ2) is 5.89. The summed E-state index contributed by atoms with van der Waals surface area (Å²) in [6, 6.07) is 1.81. The molecule has 1 aromatic heterocycles. The molecule has 1 atom stereocenters. The molecule has 0 radical (unpaired) electrons. The summed E-state index contributed by atoms with van der Waals surface area (Å²) in [7, 11) is 0. The van der Waals surface area contributed by atoms with E-state index in [0.717, 1.165) is 18.5 Å². The summed E-state index contributed by atoms with van der Waals surface area (Å²) >= 11 is 0. The molecular formula is C16H21F2N3O. The van der Waals surface area contributed by atoms with Gasteiger partial charge in [0.2, 0.25) is 11.8 Å². The SMILES string of the molecule is Cc1nccc(C2CCCN2C(=O)C2CCC(F)(F)CC2)n1. The van der Waals surface area contributed by atoms with Crippen molar-refractivity contribution in [3.8, 4) is 0 Å². The lowest BCUT2D eigenvalue weighted by Crippen LogP contribution is -2.39. The van der Waals surface area contributed by atoms with E-state index in [4.69, 9.17) is 0 Å². The molecule has 0 N–H and O–H groups in total. The van der Waals surface area contributed by atoms with E-state index < -0.39 is 5.92 Å². The summed E-state index contributed by atoms with van der Waals surface area (Å²) in [5.74, 6) is -2.14. The van der Waals surface area contributed by atoms with Crippen molar-refractivity contribution >= 4 is 5.91 Å². The van der Waals surface area contributed by atoms with E-state index >= 15 is 0 Å². The molecule has 1 saturated carbocycles. The average Bonchev–Trinajstić information content (AvgIpc) is 2.96. The summed E-state index contributed by atoms with van der Waals surface area (Å²) in [4.78, 5) is 23.1. The van der Waals surface area contributed by atoms with Gasteiger partial charge in [0.1, 0.15) is 5.82 Å². The van der Waals surface area contributed by atoms with Crippen molar-refractivity contribution < 1.29 is 13.6 Å². The van der Waals surface area contributed by atoms with Crippen molar-refractivity contribution in [1.29, 1.82) is 0 Å². The van der Waals surface area contributed by atoms with Crippen LogP contribution in [-0.4, -0.2) is 33.2 Å².